The van der Waals surface area contributed by atoms with Crippen molar-refractivity contribution in [2.24, 2.45) is 0 Å². The van der Waals surface area contributed by atoms with Crippen molar-refractivity contribution in [1.82, 2.24) is 0 Å². The molecule has 0 spiro atoms. The SMILES string of the molecule is C[S@@](=O)c1ccc(NS(=O)(=O)c2ccc3c(c2)CCCC3)cc1. The first kappa shape index (κ1) is 16.2. The lowest BCUT2D eigenvalue weighted by molar-refractivity contribution is 0.600. The van der Waals surface area contributed by atoms with Crippen LogP contribution in [0.15, 0.2) is 52.3 Å². The van der Waals surface area contributed by atoms with E-state index in [0.717, 1.165) is 24.8 Å². The zero-order valence-corrected chi connectivity index (χ0v) is 14.5. The smallest absolute Gasteiger partial charge is 0.261 e. The Morgan fingerprint density at radius 2 is 1.61 bits per heavy atom. The Bertz CT molecular complexity index is 843. The Kier molecular flexibility index (Phi) is 4.55. The number of hydrogen-bond donors (Lipinski definition) is 1. The molecule has 1 aliphatic carbocycles. The molecule has 0 amide bonds. The average Bonchev–Trinajstić information content (AvgIpc) is 2.54. The predicted octanol–water partition coefficient (Wildman–Crippen LogP) is 3.10. The molecule has 0 unspecified atom stereocenters. The van der Waals surface area contributed by atoms with Gasteiger partial charge in [-0.15, -0.1) is 0 Å². The van der Waals surface area contributed by atoms with Gasteiger partial charge in [0.1, 0.15) is 0 Å². The molecule has 1 aliphatic rings. The fraction of sp³-hybridized carbons (Fsp3) is 0.294. The molecule has 122 valence electrons. The second kappa shape index (κ2) is 6.45. The van der Waals surface area contributed by atoms with Crippen LogP contribution in [0, 0.1) is 0 Å². The highest BCUT2D eigenvalue weighted by Crippen LogP contribution is 2.25. The van der Waals surface area contributed by atoms with E-state index in [4.69, 9.17) is 0 Å². The molecule has 4 nitrogen and oxygen atoms in total. The van der Waals surface area contributed by atoms with Crippen molar-refractivity contribution in [3.63, 3.8) is 0 Å². The molecule has 3 rings (SSSR count). The van der Waals surface area contributed by atoms with Crippen molar-refractivity contribution in [3.8, 4) is 0 Å². The molecule has 0 saturated heterocycles. The Hall–Kier alpha value is -1.66. The molecule has 1 atom stereocenters. The van der Waals surface area contributed by atoms with Gasteiger partial charge >= 0.3 is 0 Å². The Morgan fingerprint density at radius 3 is 2.26 bits per heavy atom. The molecule has 6 heteroatoms. The fourth-order valence-corrected chi connectivity index (χ4v) is 4.43. The van der Waals surface area contributed by atoms with E-state index in [1.165, 1.54) is 12.0 Å². The summed E-state index contributed by atoms with van der Waals surface area (Å²) in [7, 11) is -4.68. The van der Waals surface area contributed by atoms with Crippen LogP contribution in [0.25, 0.3) is 0 Å². The lowest BCUT2D eigenvalue weighted by Crippen LogP contribution is -2.14. The first-order valence-corrected chi connectivity index (χ1v) is 10.6. The molecular weight excluding hydrogens is 330 g/mol. The van der Waals surface area contributed by atoms with E-state index in [0.29, 0.717) is 15.5 Å². The van der Waals surface area contributed by atoms with Crippen molar-refractivity contribution < 1.29 is 12.6 Å². The number of hydrogen-bond acceptors (Lipinski definition) is 3. The van der Waals surface area contributed by atoms with Crippen LogP contribution in [-0.4, -0.2) is 18.9 Å². The molecule has 0 aromatic heterocycles. The molecular formula is C17H19NO3S2. The van der Waals surface area contributed by atoms with E-state index in [-0.39, 0.29) is 0 Å². The van der Waals surface area contributed by atoms with Crippen LogP contribution < -0.4 is 4.72 Å². The van der Waals surface area contributed by atoms with Crippen LogP contribution >= 0.6 is 0 Å². The summed E-state index contributed by atoms with van der Waals surface area (Å²) in [4.78, 5) is 0.961. The number of benzene rings is 2. The van der Waals surface area contributed by atoms with Crippen molar-refractivity contribution in [2.45, 2.75) is 35.5 Å². The van der Waals surface area contributed by atoms with Crippen molar-refractivity contribution >= 4 is 26.5 Å². The Morgan fingerprint density at radius 1 is 0.957 bits per heavy atom. The van der Waals surface area contributed by atoms with Gasteiger partial charge in [-0.1, -0.05) is 6.07 Å². The summed E-state index contributed by atoms with van der Waals surface area (Å²) in [6.07, 6.45) is 5.84. The molecule has 0 bridgehead atoms. The summed E-state index contributed by atoms with van der Waals surface area (Å²) < 4.78 is 39.0. The maximum Gasteiger partial charge on any atom is 0.261 e. The summed E-state index contributed by atoms with van der Waals surface area (Å²) in [6.45, 7) is 0. The first-order valence-electron chi connectivity index (χ1n) is 7.54. The van der Waals surface area contributed by atoms with Crippen molar-refractivity contribution in [2.75, 3.05) is 11.0 Å². The normalized spacial score (nSPS) is 15.7. The van der Waals surface area contributed by atoms with E-state index in [1.54, 1.807) is 42.7 Å². The highest BCUT2D eigenvalue weighted by atomic mass is 32.2. The van der Waals surface area contributed by atoms with Crippen LogP contribution in [0.2, 0.25) is 0 Å². The van der Waals surface area contributed by atoms with Crippen LogP contribution in [-0.2, 0) is 33.7 Å². The molecule has 0 fully saturated rings. The summed E-state index contributed by atoms with van der Waals surface area (Å²) in [5.41, 5.74) is 2.86. The Labute approximate surface area is 139 Å². The van der Waals surface area contributed by atoms with E-state index in [9.17, 15) is 12.6 Å². The van der Waals surface area contributed by atoms with Gasteiger partial charge in [0.05, 0.1) is 4.90 Å². The van der Waals surface area contributed by atoms with Crippen LogP contribution in [0.1, 0.15) is 24.0 Å². The average molecular weight is 349 g/mol. The molecule has 1 N–H and O–H groups in total. The minimum Gasteiger partial charge on any atom is -0.280 e. The first-order chi connectivity index (χ1) is 11.0. The zero-order valence-electron chi connectivity index (χ0n) is 12.9. The molecule has 0 saturated carbocycles. The predicted molar refractivity (Wildman–Crippen MR) is 92.7 cm³/mol. The molecule has 2 aromatic carbocycles. The highest BCUT2D eigenvalue weighted by Gasteiger charge is 2.17. The minimum atomic E-state index is -3.61. The largest absolute Gasteiger partial charge is 0.280 e. The van der Waals surface area contributed by atoms with Gasteiger partial charge in [0.15, 0.2) is 0 Å². The summed E-state index contributed by atoms with van der Waals surface area (Å²) in [5, 5.41) is 0. The minimum absolute atomic E-state index is 0.293. The lowest BCUT2D eigenvalue weighted by atomic mass is 9.92. The van der Waals surface area contributed by atoms with E-state index in [2.05, 4.69) is 4.72 Å². The zero-order chi connectivity index (χ0) is 16.4. The topological polar surface area (TPSA) is 63.2 Å². The van der Waals surface area contributed by atoms with Gasteiger partial charge in [-0.2, -0.15) is 0 Å². The van der Waals surface area contributed by atoms with Gasteiger partial charge in [0.25, 0.3) is 10.0 Å². The monoisotopic (exact) mass is 349 g/mol. The molecule has 2 aromatic rings. The van der Waals surface area contributed by atoms with Crippen LogP contribution in [0.3, 0.4) is 0 Å². The quantitative estimate of drug-likeness (QED) is 0.922. The standard InChI is InChI=1S/C17H19NO3S2/c1-22(19)16-9-7-15(8-10-16)18-23(20,21)17-11-6-13-4-2-3-5-14(13)12-17/h6-12,18H,2-5H2,1H3/t22-/m1/s1. The van der Waals surface area contributed by atoms with Crippen molar-refractivity contribution in [3.05, 3.63) is 53.6 Å². The molecule has 23 heavy (non-hydrogen) atoms. The molecule has 0 radical (unpaired) electrons. The van der Waals surface area contributed by atoms with Gasteiger partial charge in [-0.05, 0) is 73.2 Å². The van der Waals surface area contributed by atoms with E-state index < -0.39 is 20.8 Å². The number of sulfonamides is 1. The summed E-state index contributed by atoms with van der Waals surface area (Å²) in [5.74, 6) is 0. The van der Waals surface area contributed by atoms with Gasteiger partial charge in [0, 0.05) is 27.6 Å². The summed E-state index contributed by atoms with van der Waals surface area (Å²) >= 11 is 0. The van der Waals surface area contributed by atoms with Gasteiger partial charge in [-0.25, -0.2) is 8.42 Å². The number of anilines is 1. The van der Waals surface area contributed by atoms with Gasteiger partial charge in [-0.3, -0.25) is 8.93 Å². The fourth-order valence-electron chi connectivity index (χ4n) is 2.81. The third-order valence-electron chi connectivity index (χ3n) is 4.07. The second-order valence-electron chi connectivity index (χ2n) is 5.72. The van der Waals surface area contributed by atoms with E-state index >= 15 is 0 Å². The third-order valence-corrected chi connectivity index (χ3v) is 6.38. The maximum atomic E-state index is 12.5. The maximum absolute atomic E-state index is 12.5. The van der Waals surface area contributed by atoms with Crippen LogP contribution in [0.4, 0.5) is 5.69 Å². The lowest BCUT2D eigenvalue weighted by Gasteiger charge is -2.17. The Balaban J connectivity index is 1.85. The van der Waals surface area contributed by atoms with Gasteiger partial charge < -0.3 is 0 Å². The van der Waals surface area contributed by atoms with Gasteiger partial charge in [0.2, 0.25) is 0 Å². The van der Waals surface area contributed by atoms with Crippen LogP contribution in [0.5, 0.6) is 0 Å². The second-order valence-corrected chi connectivity index (χ2v) is 8.78. The molecule has 0 heterocycles. The van der Waals surface area contributed by atoms with E-state index in [1.807, 2.05) is 6.07 Å². The molecule has 0 aliphatic heterocycles. The number of rotatable bonds is 4. The third kappa shape index (κ3) is 3.64. The highest BCUT2D eigenvalue weighted by molar-refractivity contribution is 7.92. The summed E-state index contributed by atoms with van der Waals surface area (Å²) in [6, 6.07) is 12.0. The number of aryl methyl sites for hydroxylation is 2. The van der Waals surface area contributed by atoms with Crippen molar-refractivity contribution in [1.29, 1.82) is 0 Å². The number of fused-ring (bicyclic) bond motifs is 1. The number of nitrogens with one attached hydrogen (secondary N) is 1.